The van der Waals surface area contributed by atoms with E-state index in [2.05, 4.69) is 34.6 Å². The molecule has 0 radical (unpaired) electrons. The predicted molar refractivity (Wildman–Crippen MR) is 53.4 cm³/mol. The van der Waals surface area contributed by atoms with E-state index in [1.807, 2.05) is 6.92 Å². The number of fused-ring (bicyclic) bond motifs is 1. The van der Waals surface area contributed by atoms with Gasteiger partial charge in [-0.25, -0.2) is 0 Å². The van der Waals surface area contributed by atoms with Crippen molar-refractivity contribution in [3.05, 3.63) is 11.1 Å². The number of hydrogen-bond donors (Lipinski definition) is 0. The minimum atomic E-state index is -0.117. The van der Waals surface area contributed by atoms with Crippen molar-refractivity contribution >= 4 is 5.78 Å². The Labute approximate surface area is 80.2 Å². The molecule has 13 heavy (non-hydrogen) atoms. The smallest absolute Gasteiger partial charge is 0.165 e. The van der Waals surface area contributed by atoms with Gasteiger partial charge in [0.1, 0.15) is 0 Å². The number of allylic oxidation sites excluding steroid dienone is 2. The topological polar surface area (TPSA) is 17.1 Å². The fourth-order valence-electron chi connectivity index (χ4n) is 3.62. The summed E-state index contributed by atoms with van der Waals surface area (Å²) in [6, 6.07) is 0. The number of carbonyl (C=O) groups excluding carboxylic acids is 1. The van der Waals surface area contributed by atoms with Gasteiger partial charge in [-0.3, -0.25) is 4.79 Å². The van der Waals surface area contributed by atoms with Crippen molar-refractivity contribution in [3.8, 4) is 0 Å². The zero-order chi connectivity index (χ0) is 10.2. The first-order valence-corrected chi connectivity index (χ1v) is 4.95. The van der Waals surface area contributed by atoms with Crippen LogP contribution in [0, 0.1) is 16.2 Å². The third kappa shape index (κ3) is 0.512. The monoisotopic (exact) mass is 178 g/mol. The van der Waals surface area contributed by atoms with E-state index in [9.17, 15) is 4.79 Å². The molecule has 0 amide bonds. The van der Waals surface area contributed by atoms with Gasteiger partial charge in [0.25, 0.3) is 0 Å². The molecule has 0 aromatic carbocycles. The molecule has 72 valence electrons. The highest BCUT2D eigenvalue weighted by atomic mass is 16.1. The molecule has 0 aromatic rings. The second-order valence-corrected chi connectivity index (χ2v) is 5.45. The molecule has 1 heteroatoms. The van der Waals surface area contributed by atoms with Gasteiger partial charge in [-0.2, -0.15) is 0 Å². The Hall–Kier alpha value is -0.590. The first-order valence-electron chi connectivity index (χ1n) is 4.95. The molecule has 1 nitrogen and oxygen atoms in total. The number of carbonyl (C=O) groups is 1. The Morgan fingerprint density at radius 1 is 0.923 bits per heavy atom. The molecule has 0 aromatic heterocycles. The summed E-state index contributed by atoms with van der Waals surface area (Å²) in [4.78, 5) is 12.0. The Morgan fingerprint density at radius 2 is 1.38 bits per heavy atom. The number of hydrogen-bond acceptors (Lipinski definition) is 1. The SMILES string of the molecule is CC1=C(C)C2(C)C(C)(C)C2(C)C1=O. The minimum absolute atomic E-state index is 0.117. The molecule has 0 bridgehead atoms. The van der Waals surface area contributed by atoms with Crippen LogP contribution < -0.4 is 0 Å². The molecule has 0 N–H and O–H groups in total. The quantitative estimate of drug-likeness (QED) is 0.557. The van der Waals surface area contributed by atoms with Crippen LogP contribution in [-0.2, 0) is 4.79 Å². The van der Waals surface area contributed by atoms with E-state index in [4.69, 9.17) is 0 Å². The molecule has 0 spiro atoms. The summed E-state index contributed by atoms with van der Waals surface area (Å²) in [5.74, 6) is 0.373. The van der Waals surface area contributed by atoms with Gasteiger partial charge in [0.15, 0.2) is 5.78 Å². The van der Waals surface area contributed by atoms with Crippen LogP contribution in [0.2, 0.25) is 0 Å². The Bertz CT molecular complexity index is 348. The summed E-state index contributed by atoms with van der Waals surface area (Å²) in [6.07, 6.45) is 0. The molecular weight excluding hydrogens is 160 g/mol. The van der Waals surface area contributed by atoms with Crippen molar-refractivity contribution in [1.82, 2.24) is 0 Å². The van der Waals surface area contributed by atoms with Crippen molar-refractivity contribution < 1.29 is 4.79 Å². The van der Waals surface area contributed by atoms with Gasteiger partial charge in [-0.05, 0) is 24.8 Å². The molecule has 2 atom stereocenters. The highest BCUT2D eigenvalue weighted by Gasteiger charge is 2.83. The standard InChI is InChI=1S/C12H18O/c1-7-8(2)11(5)10(3,4)12(11,6)9(7)13/h1-6H3. The lowest BCUT2D eigenvalue weighted by atomic mass is 9.87. The molecule has 2 aliphatic carbocycles. The number of rotatable bonds is 0. The summed E-state index contributed by atoms with van der Waals surface area (Å²) >= 11 is 0. The Balaban J connectivity index is 2.66. The van der Waals surface area contributed by atoms with Crippen molar-refractivity contribution in [2.45, 2.75) is 41.5 Å². The van der Waals surface area contributed by atoms with Crippen molar-refractivity contribution in [2.75, 3.05) is 0 Å². The summed E-state index contributed by atoms with van der Waals surface area (Å²) in [6.45, 7) is 12.9. The van der Waals surface area contributed by atoms with Gasteiger partial charge in [0.2, 0.25) is 0 Å². The Kier molecular flexibility index (Phi) is 1.23. The van der Waals surface area contributed by atoms with E-state index >= 15 is 0 Å². The van der Waals surface area contributed by atoms with Crippen molar-refractivity contribution in [3.63, 3.8) is 0 Å². The van der Waals surface area contributed by atoms with Crippen LogP contribution in [-0.4, -0.2) is 5.78 Å². The molecular formula is C12H18O. The third-order valence-corrected chi connectivity index (χ3v) is 5.54. The average Bonchev–Trinajstić information content (AvgIpc) is 2.36. The predicted octanol–water partition coefficient (Wildman–Crippen LogP) is 2.96. The molecule has 0 saturated heterocycles. The fourth-order valence-corrected chi connectivity index (χ4v) is 3.62. The maximum absolute atomic E-state index is 12.0. The van der Waals surface area contributed by atoms with Gasteiger partial charge in [-0.15, -0.1) is 0 Å². The second-order valence-electron chi connectivity index (χ2n) is 5.45. The van der Waals surface area contributed by atoms with Crippen molar-refractivity contribution in [2.24, 2.45) is 16.2 Å². The summed E-state index contributed by atoms with van der Waals surface area (Å²) in [7, 11) is 0. The summed E-state index contributed by atoms with van der Waals surface area (Å²) < 4.78 is 0. The van der Waals surface area contributed by atoms with E-state index in [-0.39, 0.29) is 16.2 Å². The van der Waals surface area contributed by atoms with Gasteiger partial charge < -0.3 is 0 Å². The molecule has 0 aliphatic heterocycles. The van der Waals surface area contributed by atoms with Crippen LogP contribution in [0.4, 0.5) is 0 Å². The maximum atomic E-state index is 12.0. The zero-order valence-corrected chi connectivity index (χ0v) is 9.41. The highest BCUT2D eigenvalue weighted by molar-refractivity contribution is 6.08. The molecule has 1 saturated carbocycles. The molecule has 2 unspecified atom stereocenters. The van der Waals surface area contributed by atoms with E-state index in [1.165, 1.54) is 5.57 Å². The summed E-state index contributed by atoms with van der Waals surface area (Å²) in [5.41, 5.74) is 2.48. The van der Waals surface area contributed by atoms with E-state index in [1.54, 1.807) is 0 Å². The lowest BCUT2D eigenvalue weighted by Gasteiger charge is -2.16. The second kappa shape index (κ2) is 1.77. The number of Topliss-reactive ketones (excluding diaryl/α,β-unsaturated/α-hetero) is 1. The van der Waals surface area contributed by atoms with Gasteiger partial charge in [0, 0.05) is 10.8 Å². The maximum Gasteiger partial charge on any atom is 0.165 e. The zero-order valence-electron chi connectivity index (χ0n) is 9.41. The Morgan fingerprint density at radius 3 is 1.62 bits per heavy atom. The van der Waals surface area contributed by atoms with Gasteiger partial charge in [0.05, 0.1) is 0 Å². The first-order chi connectivity index (χ1) is 5.73. The average molecular weight is 178 g/mol. The van der Waals surface area contributed by atoms with Crippen molar-refractivity contribution in [1.29, 1.82) is 0 Å². The summed E-state index contributed by atoms with van der Waals surface area (Å²) in [5, 5.41) is 0. The lowest BCUT2D eigenvalue weighted by molar-refractivity contribution is -0.120. The minimum Gasteiger partial charge on any atom is -0.294 e. The lowest BCUT2D eigenvalue weighted by Crippen LogP contribution is -2.17. The third-order valence-electron chi connectivity index (χ3n) is 5.54. The fraction of sp³-hybridized carbons (Fsp3) is 0.750. The first kappa shape index (κ1) is 8.98. The largest absolute Gasteiger partial charge is 0.294 e. The van der Waals surface area contributed by atoms with E-state index in [0.717, 1.165) is 5.57 Å². The van der Waals surface area contributed by atoms with E-state index < -0.39 is 0 Å². The highest BCUT2D eigenvalue weighted by Crippen LogP contribution is 2.84. The van der Waals surface area contributed by atoms with Crippen LogP contribution in [0.25, 0.3) is 0 Å². The van der Waals surface area contributed by atoms with Gasteiger partial charge in [-0.1, -0.05) is 33.3 Å². The normalized spacial score (nSPS) is 46.8. The molecule has 0 heterocycles. The van der Waals surface area contributed by atoms with Crippen LogP contribution >= 0.6 is 0 Å². The van der Waals surface area contributed by atoms with E-state index in [0.29, 0.717) is 5.78 Å². The van der Waals surface area contributed by atoms with Crippen LogP contribution in [0.15, 0.2) is 11.1 Å². The van der Waals surface area contributed by atoms with Crippen LogP contribution in [0.5, 0.6) is 0 Å². The van der Waals surface area contributed by atoms with Gasteiger partial charge >= 0.3 is 0 Å². The molecule has 1 fully saturated rings. The van der Waals surface area contributed by atoms with Crippen LogP contribution in [0.1, 0.15) is 41.5 Å². The molecule has 2 rings (SSSR count). The van der Waals surface area contributed by atoms with Crippen LogP contribution in [0.3, 0.4) is 0 Å². The number of ketones is 1. The molecule has 2 aliphatic rings.